The Bertz CT molecular complexity index is 1140. The second kappa shape index (κ2) is 6.15. The van der Waals surface area contributed by atoms with Crippen LogP contribution in [0.2, 0.25) is 0 Å². The van der Waals surface area contributed by atoms with Crippen LogP contribution in [0.1, 0.15) is 16.1 Å². The first-order valence-electron chi connectivity index (χ1n) is 7.47. The molecule has 0 atom stereocenters. The number of hydrogen-bond donors (Lipinski definition) is 2. The van der Waals surface area contributed by atoms with E-state index in [1.54, 1.807) is 24.4 Å². The Morgan fingerprint density at radius 1 is 1.31 bits per heavy atom. The highest BCUT2D eigenvalue weighted by atomic mass is 32.2. The van der Waals surface area contributed by atoms with Gasteiger partial charge in [0.1, 0.15) is 10.7 Å². The summed E-state index contributed by atoms with van der Waals surface area (Å²) in [4.78, 5) is 20.7. The van der Waals surface area contributed by atoms with E-state index in [-0.39, 0.29) is 11.4 Å². The number of aromatic carboxylic acids is 1. The minimum absolute atomic E-state index is 0.171. The molecule has 0 fully saturated rings. The molecule has 3 heterocycles. The molecule has 3 aromatic heterocycles. The monoisotopic (exact) mass is 368 g/mol. The molecular weight excluding hydrogens is 356 g/mol. The molecule has 0 aliphatic carbocycles. The summed E-state index contributed by atoms with van der Waals surface area (Å²) in [5.41, 5.74) is 8.37. The number of aryl methyl sites for hydroxylation is 1. The number of rotatable bonds is 4. The summed E-state index contributed by atoms with van der Waals surface area (Å²) in [5.74, 6) is -0.797. The molecule has 0 unspecified atom stereocenters. The molecular formula is C16H12N6O3S. The molecule has 0 saturated heterocycles. The molecule has 0 spiro atoms. The molecule has 0 radical (unpaired) electrons. The van der Waals surface area contributed by atoms with Crippen molar-refractivity contribution in [3.05, 3.63) is 47.9 Å². The molecule has 9 nitrogen and oxygen atoms in total. The van der Waals surface area contributed by atoms with Crippen molar-refractivity contribution in [2.45, 2.75) is 16.8 Å². The smallest absolute Gasteiger partial charge is 0.335 e. The first kappa shape index (κ1) is 16.1. The van der Waals surface area contributed by atoms with Crippen LogP contribution in [0.3, 0.4) is 0 Å². The zero-order chi connectivity index (χ0) is 18.3. The van der Waals surface area contributed by atoms with Crippen molar-refractivity contribution in [3.8, 4) is 11.4 Å². The van der Waals surface area contributed by atoms with Gasteiger partial charge in [-0.1, -0.05) is 17.8 Å². The fourth-order valence-corrected chi connectivity index (χ4v) is 3.34. The zero-order valence-electron chi connectivity index (χ0n) is 13.4. The van der Waals surface area contributed by atoms with E-state index in [0.717, 1.165) is 10.6 Å². The number of aromatic nitrogens is 5. The Morgan fingerprint density at radius 3 is 2.88 bits per heavy atom. The maximum Gasteiger partial charge on any atom is 0.335 e. The molecule has 3 N–H and O–H groups in total. The summed E-state index contributed by atoms with van der Waals surface area (Å²) < 4.78 is 6.50. The summed E-state index contributed by atoms with van der Waals surface area (Å²) in [6.07, 6.45) is 3.45. The maximum absolute atomic E-state index is 11.1. The lowest BCUT2D eigenvalue weighted by atomic mass is 10.2. The SMILES string of the molecule is Cc1c(-c2nonc2N)nc2cnc(Sc3cccc(C(=O)O)c3)cn12. The molecule has 10 heteroatoms. The van der Waals surface area contributed by atoms with Gasteiger partial charge in [-0.2, -0.15) is 0 Å². The third-order valence-electron chi connectivity index (χ3n) is 3.77. The maximum atomic E-state index is 11.1. The Kier molecular flexibility index (Phi) is 3.81. The van der Waals surface area contributed by atoms with Gasteiger partial charge >= 0.3 is 5.97 Å². The Morgan fingerprint density at radius 2 is 2.15 bits per heavy atom. The van der Waals surface area contributed by atoms with Crippen LogP contribution in [0.4, 0.5) is 5.82 Å². The number of fused-ring (bicyclic) bond motifs is 1. The topological polar surface area (TPSA) is 132 Å². The van der Waals surface area contributed by atoms with Gasteiger partial charge in [-0.3, -0.25) is 4.40 Å². The second-order valence-corrected chi connectivity index (χ2v) is 6.53. The Hall–Kier alpha value is -3.40. The Labute approximate surface area is 150 Å². The number of nitrogens with two attached hydrogens (primary N) is 1. The van der Waals surface area contributed by atoms with E-state index in [2.05, 4.69) is 24.9 Å². The van der Waals surface area contributed by atoms with Gasteiger partial charge in [-0.25, -0.2) is 19.4 Å². The van der Waals surface area contributed by atoms with Crippen LogP contribution in [-0.2, 0) is 0 Å². The minimum Gasteiger partial charge on any atom is -0.478 e. The third kappa shape index (κ3) is 2.75. The lowest BCUT2D eigenvalue weighted by Gasteiger charge is -2.04. The van der Waals surface area contributed by atoms with E-state index < -0.39 is 5.97 Å². The number of imidazole rings is 1. The summed E-state index contributed by atoms with van der Waals surface area (Å²) in [6, 6.07) is 6.68. The molecule has 130 valence electrons. The number of anilines is 1. The van der Waals surface area contributed by atoms with Crippen LogP contribution < -0.4 is 5.73 Å². The number of carbonyl (C=O) groups is 1. The highest BCUT2D eigenvalue weighted by Crippen LogP contribution is 2.29. The summed E-state index contributed by atoms with van der Waals surface area (Å²) in [6.45, 7) is 1.88. The van der Waals surface area contributed by atoms with Gasteiger partial charge in [0.2, 0.25) is 0 Å². The number of nitrogens with zero attached hydrogens (tertiary/aromatic N) is 5. The lowest BCUT2D eigenvalue weighted by molar-refractivity contribution is 0.0696. The van der Waals surface area contributed by atoms with Crippen molar-refractivity contribution in [1.29, 1.82) is 0 Å². The molecule has 0 bridgehead atoms. The highest BCUT2D eigenvalue weighted by molar-refractivity contribution is 7.99. The fourth-order valence-electron chi connectivity index (χ4n) is 2.50. The number of carboxylic acid groups (broad SMARTS) is 1. The average Bonchev–Trinajstić information content (AvgIpc) is 3.18. The van der Waals surface area contributed by atoms with E-state index in [0.29, 0.717) is 22.1 Å². The number of carboxylic acids is 1. The summed E-state index contributed by atoms with van der Waals surface area (Å²) in [5, 5.41) is 17.2. The van der Waals surface area contributed by atoms with Crippen LogP contribution in [-0.4, -0.2) is 35.8 Å². The van der Waals surface area contributed by atoms with E-state index in [1.807, 2.05) is 23.6 Å². The van der Waals surface area contributed by atoms with Crippen LogP contribution in [0.15, 0.2) is 51.2 Å². The number of hydrogen-bond acceptors (Lipinski definition) is 8. The standard InChI is InChI=1S/C16H12N6O3S/c1-8-13(14-15(17)21-25-20-14)19-11-6-18-12(7-22(8)11)26-10-4-2-3-9(5-10)16(23)24/h2-7H,1H3,(H2,17,21)(H,23,24). The van der Waals surface area contributed by atoms with E-state index in [1.165, 1.54) is 11.8 Å². The fraction of sp³-hybridized carbons (Fsp3) is 0.0625. The van der Waals surface area contributed by atoms with Crippen LogP contribution in [0, 0.1) is 6.92 Å². The second-order valence-electron chi connectivity index (χ2n) is 5.43. The predicted octanol–water partition coefficient (Wildman–Crippen LogP) is 2.52. The molecule has 4 rings (SSSR count). The van der Waals surface area contributed by atoms with Gasteiger partial charge in [-0.05, 0) is 35.4 Å². The van der Waals surface area contributed by atoms with Crippen molar-refractivity contribution in [1.82, 2.24) is 24.7 Å². The molecule has 26 heavy (non-hydrogen) atoms. The first-order valence-corrected chi connectivity index (χ1v) is 8.29. The lowest BCUT2D eigenvalue weighted by Crippen LogP contribution is -1.95. The molecule has 0 aliphatic rings. The van der Waals surface area contributed by atoms with Crippen molar-refractivity contribution in [3.63, 3.8) is 0 Å². The van der Waals surface area contributed by atoms with E-state index >= 15 is 0 Å². The number of benzene rings is 1. The molecule has 0 amide bonds. The van der Waals surface area contributed by atoms with E-state index in [4.69, 9.17) is 10.8 Å². The Balaban J connectivity index is 1.72. The largest absolute Gasteiger partial charge is 0.478 e. The first-order chi connectivity index (χ1) is 12.5. The van der Waals surface area contributed by atoms with Gasteiger partial charge in [0, 0.05) is 16.8 Å². The molecule has 4 aromatic rings. The molecule has 0 saturated carbocycles. The van der Waals surface area contributed by atoms with Crippen molar-refractivity contribution in [2.75, 3.05) is 5.73 Å². The van der Waals surface area contributed by atoms with Gasteiger partial charge in [0.15, 0.2) is 17.2 Å². The average molecular weight is 368 g/mol. The summed E-state index contributed by atoms with van der Waals surface area (Å²) >= 11 is 1.36. The highest BCUT2D eigenvalue weighted by Gasteiger charge is 2.18. The van der Waals surface area contributed by atoms with Crippen LogP contribution in [0.25, 0.3) is 17.0 Å². The van der Waals surface area contributed by atoms with Gasteiger partial charge in [0.25, 0.3) is 0 Å². The van der Waals surface area contributed by atoms with Crippen molar-refractivity contribution < 1.29 is 14.5 Å². The predicted molar refractivity (Wildman–Crippen MR) is 93.0 cm³/mol. The van der Waals surface area contributed by atoms with Gasteiger partial charge in [0.05, 0.1) is 11.8 Å². The molecule has 0 aliphatic heterocycles. The van der Waals surface area contributed by atoms with Crippen LogP contribution >= 0.6 is 11.8 Å². The van der Waals surface area contributed by atoms with E-state index in [9.17, 15) is 4.79 Å². The van der Waals surface area contributed by atoms with Crippen molar-refractivity contribution in [2.24, 2.45) is 0 Å². The van der Waals surface area contributed by atoms with Gasteiger partial charge in [-0.15, -0.1) is 0 Å². The van der Waals surface area contributed by atoms with Crippen molar-refractivity contribution >= 4 is 29.2 Å². The normalized spacial score (nSPS) is 11.1. The minimum atomic E-state index is -0.968. The molecule has 1 aromatic carbocycles. The quantitative estimate of drug-likeness (QED) is 0.557. The van der Waals surface area contributed by atoms with Gasteiger partial charge < -0.3 is 10.8 Å². The van der Waals surface area contributed by atoms with Crippen LogP contribution in [0.5, 0.6) is 0 Å². The zero-order valence-corrected chi connectivity index (χ0v) is 14.3. The number of nitrogen functional groups attached to an aromatic ring is 1. The summed E-state index contributed by atoms with van der Waals surface area (Å²) in [7, 11) is 0. The third-order valence-corrected chi connectivity index (χ3v) is 4.68.